The number of hydrogen-bond acceptors (Lipinski definition) is 3. The third-order valence-corrected chi connectivity index (χ3v) is 2.57. The highest BCUT2D eigenvalue weighted by atomic mass is 32.2. The molecular formula is C12H12O2S. The van der Waals surface area contributed by atoms with Gasteiger partial charge in [0.15, 0.2) is 5.12 Å². The average molecular weight is 220 g/mol. The van der Waals surface area contributed by atoms with E-state index in [1.54, 1.807) is 12.1 Å². The van der Waals surface area contributed by atoms with Crippen molar-refractivity contribution in [1.82, 2.24) is 0 Å². The Hall–Kier alpha value is -1.40. The van der Waals surface area contributed by atoms with Gasteiger partial charge in [-0.3, -0.25) is 4.79 Å². The van der Waals surface area contributed by atoms with Crippen LogP contribution < -0.4 is 0 Å². The molecule has 0 heterocycles. The van der Waals surface area contributed by atoms with Crippen molar-refractivity contribution in [2.75, 3.05) is 5.75 Å². The SMILES string of the molecule is CC(=O)SCC#Cc1cccc(O)c1C. The van der Waals surface area contributed by atoms with Gasteiger partial charge >= 0.3 is 0 Å². The second-order valence-electron chi connectivity index (χ2n) is 3.03. The van der Waals surface area contributed by atoms with Gasteiger partial charge in [-0.25, -0.2) is 0 Å². The first kappa shape index (κ1) is 11.7. The smallest absolute Gasteiger partial charge is 0.186 e. The maximum atomic E-state index is 10.6. The lowest BCUT2D eigenvalue weighted by Gasteiger charge is -1.99. The fourth-order valence-electron chi connectivity index (χ4n) is 1.03. The molecule has 0 saturated carbocycles. The van der Waals surface area contributed by atoms with Crippen LogP contribution >= 0.6 is 11.8 Å². The summed E-state index contributed by atoms with van der Waals surface area (Å²) in [7, 11) is 0. The lowest BCUT2D eigenvalue weighted by Crippen LogP contribution is -1.84. The Bertz CT molecular complexity index is 427. The molecule has 1 N–H and O–H groups in total. The van der Waals surface area contributed by atoms with E-state index < -0.39 is 0 Å². The lowest BCUT2D eigenvalue weighted by molar-refractivity contribution is -0.109. The Balaban J connectivity index is 2.72. The first-order chi connectivity index (χ1) is 7.11. The molecule has 1 aromatic carbocycles. The zero-order valence-electron chi connectivity index (χ0n) is 8.70. The molecule has 0 atom stereocenters. The summed E-state index contributed by atoms with van der Waals surface area (Å²) in [6.45, 7) is 3.34. The number of phenolic OH excluding ortho intramolecular Hbond substituents is 1. The summed E-state index contributed by atoms with van der Waals surface area (Å²) < 4.78 is 0. The van der Waals surface area contributed by atoms with Crippen LogP contribution in [0.2, 0.25) is 0 Å². The first-order valence-corrected chi connectivity index (χ1v) is 5.50. The number of thioether (sulfide) groups is 1. The molecule has 0 bridgehead atoms. The molecule has 0 aliphatic rings. The number of benzene rings is 1. The minimum Gasteiger partial charge on any atom is -0.508 e. The molecule has 15 heavy (non-hydrogen) atoms. The van der Waals surface area contributed by atoms with Crippen molar-refractivity contribution in [2.45, 2.75) is 13.8 Å². The van der Waals surface area contributed by atoms with Crippen molar-refractivity contribution < 1.29 is 9.90 Å². The number of hydrogen-bond donors (Lipinski definition) is 1. The van der Waals surface area contributed by atoms with Gasteiger partial charge in [0, 0.05) is 18.1 Å². The minimum absolute atomic E-state index is 0.0666. The second-order valence-corrected chi connectivity index (χ2v) is 4.18. The Kier molecular flexibility index (Phi) is 4.26. The van der Waals surface area contributed by atoms with Crippen LogP contribution in [0.4, 0.5) is 0 Å². The van der Waals surface area contributed by atoms with Gasteiger partial charge in [0.05, 0.1) is 5.75 Å². The number of rotatable bonds is 1. The Morgan fingerprint density at radius 2 is 2.27 bits per heavy atom. The molecule has 0 aliphatic heterocycles. The van der Waals surface area contributed by atoms with E-state index >= 15 is 0 Å². The van der Waals surface area contributed by atoms with E-state index in [1.165, 1.54) is 18.7 Å². The van der Waals surface area contributed by atoms with Crippen LogP contribution in [-0.4, -0.2) is 16.0 Å². The minimum atomic E-state index is 0.0666. The highest BCUT2D eigenvalue weighted by molar-refractivity contribution is 8.13. The maximum Gasteiger partial charge on any atom is 0.186 e. The molecule has 0 fully saturated rings. The standard InChI is InChI=1S/C12H12O2S/c1-9-11(5-3-7-12(9)14)6-4-8-15-10(2)13/h3,5,7,14H,8H2,1-2H3. The summed E-state index contributed by atoms with van der Waals surface area (Å²) in [6.07, 6.45) is 0. The van der Waals surface area contributed by atoms with E-state index in [9.17, 15) is 9.90 Å². The van der Waals surface area contributed by atoms with E-state index in [4.69, 9.17) is 0 Å². The van der Waals surface area contributed by atoms with Gasteiger partial charge < -0.3 is 5.11 Å². The number of carbonyl (C=O) groups excluding carboxylic acids is 1. The van der Waals surface area contributed by atoms with Gasteiger partial charge in [-0.1, -0.05) is 29.7 Å². The van der Waals surface area contributed by atoms with Crippen molar-refractivity contribution >= 4 is 16.9 Å². The van der Waals surface area contributed by atoms with Crippen molar-refractivity contribution in [3.63, 3.8) is 0 Å². The largest absolute Gasteiger partial charge is 0.508 e. The summed E-state index contributed by atoms with van der Waals surface area (Å²) in [4.78, 5) is 10.6. The van der Waals surface area contributed by atoms with Crippen molar-refractivity contribution in [3.05, 3.63) is 29.3 Å². The van der Waals surface area contributed by atoms with Crippen molar-refractivity contribution in [2.24, 2.45) is 0 Å². The number of carbonyl (C=O) groups is 1. The predicted octanol–water partition coefficient (Wildman–Crippen LogP) is 2.33. The summed E-state index contributed by atoms with van der Waals surface area (Å²) in [5.41, 5.74) is 1.58. The van der Waals surface area contributed by atoms with Crippen molar-refractivity contribution in [3.8, 4) is 17.6 Å². The third kappa shape index (κ3) is 3.69. The molecule has 0 unspecified atom stereocenters. The van der Waals surface area contributed by atoms with Crippen LogP contribution in [0.1, 0.15) is 18.1 Å². The molecule has 0 amide bonds. The predicted molar refractivity (Wildman–Crippen MR) is 62.9 cm³/mol. The molecular weight excluding hydrogens is 208 g/mol. The van der Waals surface area contributed by atoms with Crippen LogP contribution in [0.25, 0.3) is 0 Å². The molecule has 0 saturated heterocycles. The summed E-state index contributed by atoms with van der Waals surface area (Å²) >= 11 is 1.19. The maximum absolute atomic E-state index is 10.6. The van der Waals surface area contributed by atoms with Crippen LogP contribution in [0.3, 0.4) is 0 Å². The molecule has 0 radical (unpaired) electrons. The van der Waals surface area contributed by atoms with E-state index in [2.05, 4.69) is 11.8 Å². The fraction of sp³-hybridized carbons (Fsp3) is 0.250. The van der Waals surface area contributed by atoms with E-state index in [0.29, 0.717) is 5.75 Å². The van der Waals surface area contributed by atoms with Gasteiger partial charge in [-0.15, -0.1) is 0 Å². The zero-order chi connectivity index (χ0) is 11.3. The molecule has 0 spiro atoms. The normalized spacial score (nSPS) is 9.20. The topological polar surface area (TPSA) is 37.3 Å². The molecule has 0 aromatic heterocycles. The molecule has 78 valence electrons. The molecule has 1 rings (SSSR count). The molecule has 0 aliphatic carbocycles. The first-order valence-electron chi connectivity index (χ1n) is 4.52. The monoisotopic (exact) mass is 220 g/mol. The summed E-state index contributed by atoms with van der Waals surface area (Å²) in [5, 5.41) is 9.48. The van der Waals surface area contributed by atoms with Gasteiger partial charge in [-0.05, 0) is 19.1 Å². The van der Waals surface area contributed by atoms with Gasteiger partial charge in [0.25, 0.3) is 0 Å². The number of phenols is 1. The summed E-state index contributed by atoms with van der Waals surface area (Å²) in [5.74, 6) is 6.55. The Labute approximate surface area is 93.7 Å². The van der Waals surface area contributed by atoms with E-state index in [0.717, 1.165) is 11.1 Å². The van der Waals surface area contributed by atoms with E-state index in [-0.39, 0.29) is 10.9 Å². The molecule has 1 aromatic rings. The lowest BCUT2D eigenvalue weighted by atomic mass is 10.1. The molecule has 3 heteroatoms. The third-order valence-electron chi connectivity index (χ3n) is 1.88. The Morgan fingerprint density at radius 1 is 1.53 bits per heavy atom. The van der Waals surface area contributed by atoms with Gasteiger partial charge in [-0.2, -0.15) is 0 Å². The van der Waals surface area contributed by atoms with Gasteiger partial charge in [0.2, 0.25) is 0 Å². The quantitative estimate of drug-likeness (QED) is 0.738. The van der Waals surface area contributed by atoms with Crippen LogP contribution in [0, 0.1) is 18.8 Å². The Morgan fingerprint density at radius 3 is 2.93 bits per heavy atom. The zero-order valence-corrected chi connectivity index (χ0v) is 9.52. The van der Waals surface area contributed by atoms with Crippen LogP contribution in [0.15, 0.2) is 18.2 Å². The van der Waals surface area contributed by atoms with Gasteiger partial charge in [0.1, 0.15) is 5.75 Å². The highest BCUT2D eigenvalue weighted by Gasteiger charge is 1.98. The summed E-state index contributed by atoms with van der Waals surface area (Å²) in [6, 6.07) is 5.23. The highest BCUT2D eigenvalue weighted by Crippen LogP contribution is 2.18. The molecule has 2 nitrogen and oxygen atoms in total. The van der Waals surface area contributed by atoms with Crippen LogP contribution in [0.5, 0.6) is 5.75 Å². The van der Waals surface area contributed by atoms with Crippen molar-refractivity contribution in [1.29, 1.82) is 0 Å². The average Bonchev–Trinajstić information content (AvgIpc) is 2.18. The second kappa shape index (κ2) is 5.47. The fourth-order valence-corrected chi connectivity index (χ4v) is 1.38. The van der Waals surface area contributed by atoms with Crippen LogP contribution in [-0.2, 0) is 4.79 Å². The van der Waals surface area contributed by atoms with E-state index in [1.807, 2.05) is 13.0 Å². The number of aromatic hydroxyl groups is 1.